The largest absolute Gasteiger partial charge is 0.368 e. The van der Waals surface area contributed by atoms with Crippen LogP contribution in [-0.4, -0.2) is 18.0 Å². The zero-order valence-corrected chi connectivity index (χ0v) is 11.6. The summed E-state index contributed by atoms with van der Waals surface area (Å²) in [5.41, 5.74) is 7.40. The van der Waals surface area contributed by atoms with Crippen LogP contribution in [0.15, 0.2) is 48.5 Å². The molecule has 3 N–H and O–H groups in total. The zero-order chi connectivity index (χ0) is 15.7. The molecule has 0 spiro atoms. The Morgan fingerprint density at radius 2 is 1.82 bits per heavy atom. The number of nitrogens with one attached hydrogen (secondary N) is 1. The number of nitrogens with two attached hydrogens (primary N) is 1. The maximum Gasteiger partial charge on any atom is 0.327 e. The molecule has 0 fully saturated rings. The van der Waals surface area contributed by atoms with Gasteiger partial charge in [-0.1, -0.05) is 18.2 Å². The topological polar surface area (TPSA) is 75.4 Å². The fourth-order valence-electron chi connectivity index (χ4n) is 2.58. The Hall–Kier alpha value is -2.89. The molecule has 2 aromatic rings. The van der Waals surface area contributed by atoms with Gasteiger partial charge in [0.1, 0.15) is 11.9 Å². The third kappa shape index (κ3) is 2.50. The Bertz CT molecular complexity index is 730. The number of fused-ring (bicyclic) bond motifs is 1. The lowest BCUT2D eigenvalue weighted by Crippen LogP contribution is -2.47. The Labute approximate surface area is 126 Å². The lowest BCUT2D eigenvalue weighted by atomic mass is 10.1. The van der Waals surface area contributed by atoms with Crippen molar-refractivity contribution in [3.05, 3.63) is 59.9 Å². The first kappa shape index (κ1) is 14.1. The fraction of sp³-hybridized carbons (Fsp3) is 0.125. The fourth-order valence-corrected chi connectivity index (χ4v) is 2.58. The van der Waals surface area contributed by atoms with Crippen molar-refractivity contribution in [2.45, 2.75) is 12.5 Å². The van der Waals surface area contributed by atoms with Gasteiger partial charge in [0.05, 0.1) is 0 Å². The second-order valence-electron chi connectivity index (χ2n) is 5.06. The summed E-state index contributed by atoms with van der Waals surface area (Å²) < 4.78 is 12.9. The van der Waals surface area contributed by atoms with Crippen molar-refractivity contribution in [2.24, 2.45) is 5.73 Å². The molecule has 3 rings (SSSR count). The number of nitrogens with zero attached hydrogens (tertiary/aromatic N) is 1. The second-order valence-corrected chi connectivity index (χ2v) is 5.06. The van der Waals surface area contributed by atoms with Crippen molar-refractivity contribution in [2.75, 3.05) is 10.2 Å². The number of halogens is 1. The summed E-state index contributed by atoms with van der Waals surface area (Å²) in [6.45, 7) is 0. The summed E-state index contributed by atoms with van der Waals surface area (Å²) in [5.74, 6) is -0.954. The van der Waals surface area contributed by atoms with Gasteiger partial charge >= 0.3 is 6.03 Å². The van der Waals surface area contributed by atoms with Gasteiger partial charge in [0.25, 0.3) is 0 Å². The van der Waals surface area contributed by atoms with Crippen molar-refractivity contribution >= 4 is 23.3 Å². The molecular formula is C16H14FN3O2. The van der Waals surface area contributed by atoms with Crippen molar-refractivity contribution in [3.8, 4) is 0 Å². The molecule has 112 valence electrons. The van der Waals surface area contributed by atoms with Crippen LogP contribution in [0.4, 0.5) is 20.6 Å². The van der Waals surface area contributed by atoms with E-state index in [4.69, 9.17) is 5.73 Å². The molecule has 0 aliphatic carbocycles. The molecule has 1 heterocycles. The monoisotopic (exact) mass is 299 g/mol. The summed E-state index contributed by atoms with van der Waals surface area (Å²) in [6.07, 6.45) is 0.391. The molecule has 0 aromatic heterocycles. The predicted molar refractivity (Wildman–Crippen MR) is 81.0 cm³/mol. The zero-order valence-electron chi connectivity index (χ0n) is 11.6. The maximum atomic E-state index is 12.9. The van der Waals surface area contributed by atoms with E-state index in [1.54, 1.807) is 12.1 Å². The van der Waals surface area contributed by atoms with Crippen LogP contribution in [0.2, 0.25) is 0 Å². The van der Waals surface area contributed by atoms with Gasteiger partial charge in [0.15, 0.2) is 0 Å². The molecule has 1 aliphatic rings. The number of urea groups is 1. The molecule has 0 bridgehead atoms. The van der Waals surface area contributed by atoms with Gasteiger partial charge in [0.2, 0.25) is 5.91 Å². The van der Waals surface area contributed by atoms with Gasteiger partial charge in [-0.15, -0.1) is 0 Å². The number of primary amides is 1. The first-order chi connectivity index (χ1) is 10.6. The number of carbonyl (C=O) groups is 2. The summed E-state index contributed by atoms with van der Waals surface area (Å²) in [4.78, 5) is 25.5. The van der Waals surface area contributed by atoms with Crippen molar-refractivity contribution in [3.63, 3.8) is 0 Å². The average Bonchev–Trinajstić information content (AvgIpc) is 2.89. The number of amides is 3. The molecule has 1 atom stereocenters. The van der Waals surface area contributed by atoms with Crippen LogP contribution >= 0.6 is 0 Å². The number of carbonyl (C=O) groups excluding carboxylic acids is 2. The molecule has 3 amide bonds. The van der Waals surface area contributed by atoms with Crippen molar-refractivity contribution < 1.29 is 14.0 Å². The Kier molecular flexibility index (Phi) is 3.50. The molecule has 6 heteroatoms. The summed E-state index contributed by atoms with van der Waals surface area (Å²) >= 11 is 0. The van der Waals surface area contributed by atoms with E-state index in [1.807, 2.05) is 12.1 Å². The number of anilines is 2. The summed E-state index contributed by atoms with van der Waals surface area (Å²) in [7, 11) is 0. The third-order valence-electron chi connectivity index (χ3n) is 3.62. The van der Waals surface area contributed by atoms with Crippen LogP contribution in [0.3, 0.4) is 0 Å². The third-order valence-corrected chi connectivity index (χ3v) is 3.62. The first-order valence-corrected chi connectivity index (χ1v) is 6.79. The Balaban J connectivity index is 1.88. The van der Waals surface area contributed by atoms with Crippen LogP contribution in [0, 0.1) is 5.82 Å². The maximum absolute atomic E-state index is 12.9. The SMILES string of the molecule is NC(=O)C1Cc2ccccc2N1C(=O)Nc1ccc(F)cc1. The molecule has 22 heavy (non-hydrogen) atoms. The number of benzene rings is 2. The van der Waals surface area contributed by atoms with Crippen LogP contribution < -0.4 is 16.0 Å². The van der Waals surface area contributed by atoms with E-state index in [9.17, 15) is 14.0 Å². The predicted octanol–water partition coefficient (Wildman–Crippen LogP) is 2.27. The molecule has 0 saturated carbocycles. The number of para-hydroxylation sites is 1. The molecule has 0 saturated heterocycles. The highest BCUT2D eigenvalue weighted by Gasteiger charge is 2.37. The number of hydrogen-bond acceptors (Lipinski definition) is 2. The summed E-state index contributed by atoms with van der Waals surface area (Å²) in [6, 6.07) is 11.5. The van der Waals surface area contributed by atoms with Crippen LogP contribution in [0.1, 0.15) is 5.56 Å². The van der Waals surface area contributed by atoms with E-state index in [1.165, 1.54) is 29.2 Å². The highest BCUT2D eigenvalue weighted by atomic mass is 19.1. The highest BCUT2D eigenvalue weighted by molar-refractivity contribution is 6.08. The second kappa shape index (κ2) is 5.48. The Morgan fingerprint density at radius 1 is 1.14 bits per heavy atom. The van der Waals surface area contributed by atoms with Crippen LogP contribution in [-0.2, 0) is 11.2 Å². The Morgan fingerprint density at radius 3 is 2.50 bits per heavy atom. The number of hydrogen-bond donors (Lipinski definition) is 2. The van der Waals surface area contributed by atoms with Crippen molar-refractivity contribution in [1.29, 1.82) is 0 Å². The van der Waals surface area contributed by atoms with Gasteiger partial charge in [0, 0.05) is 17.8 Å². The minimum atomic E-state index is -0.724. The van der Waals surface area contributed by atoms with E-state index in [0.717, 1.165) is 5.56 Å². The minimum Gasteiger partial charge on any atom is -0.368 e. The van der Waals surface area contributed by atoms with E-state index in [-0.39, 0.29) is 5.82 Å². The van der Waals surface area contributed by atoms with Crippen molar-refractivity contribution in [1.82, 2.24) is 0 Å². The molecule has 0 radical (unpaired) electrons. The minimum absolute atomic E-state index is 0.389. The lowest BCUT2D eigenvalue weighted by molar-refractivity contribution is -0.119. The van der Waals surface area contributed by atoms with Crippen LogP contribution in [0.5, 0.6) is 0 Å². The van der Waals surface area contributed by atoms with E-state index < -0.39 is 18.0 Å². The van der Waals surface area contributed by atoms with Gasteiger partial charge in [-0.05, 0) is 35.9 Å². The van der Waals surface area contributed by atoms with Crippen LogP contribution in [0.25, 0.3) is 0 Å². The molecule has 5 nitrogen and oxygen atoms in total. The standard InChI is InChI=1S/C16H14FN3O2/c17-11-5-7-12(8-6-11)19-16(22)20-13-4-2-1-3-10(13)9-14(20)15(18)21/h1-8,14H,9H2,(H2,18,21)(H,19,22). The lowest BCUT2D eigenvalue weighted by Gasteiger charge is -2.23. The molecule has 2 aromatic carbocycles. The summed E-state index contributed by atoms with van der Waals surface area (Å²) in [5, 5.41) is 2.65. The average molecular weight is 299 g/mol. The smallest absolute Gasteiger partial charge is 0.327 e. The van der Waals surface area contributed by atoms with E-state index in [0.29, 0.717) is 17.8 Å². The molecule has 1 unspecified atom stereocenters. The van der Waals surface area contributed by atoms with E-state index in [2.05, 4.69) is 5.32 Å². The molecule has 1 aliphatic heterocycles. The quantitative estimate of drug-likeness (QED) is 0.892. The normalized spacial score (nSPS) is 16.2. The highest BCUT2D eigenvalue weighted by Crippen LogP contribution is 2.32. The first-order valence-electron chi connectivity index (χ1n) is 6.79. The van der Waals surface area contributed by atoms with E-state index >= 15 is 0 Å². The van der Waals surface area contributed by atoms with Gasteiger partial charge < -0.3 is 11.1 Å². The van der Waals surface area contributed by atoms with Gasteiger partial charge in [-0.3, -0.25) is 9.69 Å². The number of rotatable bonds is 2. The molecular weight excluding hydrogens is 285 g/mol. The van der Waals surface area contributed by atoms with Gasteiger partial charge in [-0.25, -0.2) is 9.18 Å². The van der Waals surface area contributed by atoms with Gasteiger partial charge in [-0.2, -0.15) is 0 Å².